The fraction of sp³-hybridized carbons (Fsp3) is 0.381. The molecule has 1 atom stereocenters. The molecule has 1 amide bonds. The lowest BCUT2D eigenvalue weighted by Crippen LogP contribution is -2.37. The molecule has 1 aliphatic heterocycles. The first kappa shape index (κ1) is 24.0. The molecule has 1 fully saturated rings. The summed E-state index contributed by atoms with van der Waals surface area (Å²) in [5.41, 5.74) is 11.6. The summed E-state index contributed by atoms with van der Waals surface area (Å²) < 4.78 is 55.8. The predicted octanol–water partition coefficient (Wildman–Crippen LogP) is 3.70. The number of thiazole rings is 1. The Morgan fingerprint density at radius 1 is 1.26 bits per heavy atom. The van der Waals surface area contributed by atoms with Crippen molar-refractivity contribution in [3.05, 3.63) is 41.7 Å². The monoisotopic (exact) mass is 497 g/mol. The molecule has 4 rings (SSSR count). The summed E-state index contributed by atoms with van der Waals surface area (Å²) in [6.45, 7) is 0.306. The first-order valence-corrected chi connectivity index (χ1v) is 11.4. The zero-order valence-corrected chi connectivity index (χ0v) is 18.8. The average molecular weight is 498 g/mol. The number of carbonyl (C=O) groups excluding carboxylic acids is 1. The van der Waals surface area contributed by atoms with Crippen molar-refractivity contribution in [2.45, 2.75) is 38.3 Å². The Bertz CT molecular complexity index is 1160. The van der Waals surface area contributed by atoms with Crippen LogP contribution in [0.5, 0.6) is 0 Å². The number of nitrogen functional groups attached to an aromatic ring is 1. The van der Waals surface area contributed by atoms with Gasteiger partial charge in [-0.05, 0) is 25.0 Å². The molecule has 0 saturated carbocycles. The topological polar surface area (TPSA) is 115 Å². The third-order valence-corrected chi connectivity index (χ3v) is 6.33. The number of hydrogen-bond donors (Lipinski definition) is 3. The summed E-state index contributed by atoms with van der Waals surface area (Å²) in [6.07, 6.45) is 1.11. The Morgan fingerprint density at radius 3 is 2.71 bits per heavy atom. The van der Waals surface area contributed by atoms with Crippen molar-refractivity contribution >= 4 is 33.8 Å². The van der Waals surface area contributed by atoms with Crippen LogP contribution in [-0.4, -0.2) is 46.2 Å². The highest BCUT2D eigenvalue weighted by Gasteiger charge is 2.27. The molecule has 3 aromatic rings. The minimum Gasteiger partial charge on any atom is -0.389 e. The molecular formula is C21H23F4N7OS. The maximum atomic E-state index is 14.2. The quantitative estimate of drug-likeness (QED) is 0.448. The number of carbonyl (C=O) groups is 1. The van der Waals surface area contributed by atoms with E-state index in [1.165, 1.54) is 12.3 Å². The summed E-state index contributed by atoms with van der Waals surface area (Å²) in [5, 5.41) is 6.50. The molecule has 0 spiro atoms. The number of nitrogens with one attached hydrogen (secondary N) is 1. The van der Waals surface area contributed by atoms with Crippen molar-refractivity contribution in [1.82, 2.24) is 14.8 Å². The fourth-order valence-corrected chi connectivity index (χ4v) is 4.79. The van der Waals surface area contributed by atoms with E-state index in [0.717, 1.165) is 47.4 Å². The number of nitrogens with zero attached hydrogens (tertiary/aromatic N) is 4. The van der Waals surface area contributed by atoms with E-state index in [1.54, 1.807) is 0 Å². The molecule has 0 radical (unpaired) electrons. The normalized spacial score (nSPS) is 16.6. The molecule has 0 unspecified atom stereocenters. The fourth-order valence-electron chi connectivity index (χ4n) is 3.92. The van der Waals surface area contributed by atoms with Crippen LogP contribution in [0.2, 0.25) is 0 Å². The summed E-state index contributed by atoms with van der Waals surface area (Å²) in [6, 6.07) is 3.20. The van der Waals surface area contributed by atoms with Gasteiger partial charge in [0.15, 0.2) is 11.5 Å². The van der Waals surface area contributed by atoms with Crippen molar-refractivity contribution < 1.29 is 22.4 Å². The Hall–Kier alpha value is -3.19. The van der Waals surface area contributed by atoms with Crippen LogP contribution in [0.4, 0.5) is 34.1 Å². The van der Waals surface area contributed by atoms with E-state index in [4.69, 9.17) is 11.5 Å². The molecule has 2 aromatic heterocycles. The smallest absolute Gasteiger partial charge is 0.277 e. The van der Waals surface area contributed by atoms with Crippen LogP contribution in [-0.2, 0) is 6.54 Å². The van der Waals surface area contributed by atoms with Crippen molar-refractivity contribution in [3.8, 4) is 10.6 Å². The second-order valence-electron chi connectivity index (χ2n) is 7.94. The SMILES string of the molecule is Nc1sc(-c2c(F)cccc2F)nc1C(=O)Nc1cnn(CC(F)F)c1N1CCCC[C@H](N)C1. The zero-order chi connectivity index (χ0) is 24.4. The van der Waals surface area contributed by atoms with Crippen LogP contribution in [0.25, 0.3) is 10.6 Å². The number of amides is 1. The van der Waals surface area contributed by atoms with Gasteiger partial charge in [0.25, 0.3) is 12.3 Å². The predicted molar refractivity (Wildman–Crippen MR) is 122 cm³/mol. The van der Waals surface area contributed by atoms with Gasteiger partial charge in [0.05, 0.1) is 11.8 Å². The maximum Gasteiger partial charge on any atom is 0.277 e. The van der Waals surface area contributed by atoms with Gasteiger partial charge in [0.1, 0.15) is 33.9 Å². The minimum atomic E-state index is -2.66. The lowest BCUT2D eigenvalue weighted by Gasteiger charge is -2.26. The number of aromatic nitrogens is 3. The van der Waals surface area contributed by atoms with E-state index in [2.05, 4.69) is 15.4 Å². The zero-order valence-electron chi connectivity index (χ0n) is 18.0. The molecule has 182 valence electrons. The number of alkyl halides is 2. The third kappa shape index (κ3) is 4.99. The Balaban J connectivity index is 1.65. The van der Waals surface area contributed by atoms with Crippen LogP contribution in [0.15, 0.2) is 24.4 Å². The highest BCUT2D eigenvalue weighted by Crippen LogP contribution is 2.35. The van der Waals surface area contributed by atoms with Gasteiger partial charge in [-0.25, -0.2) is 27.2 Å². The largest absolute Gasteiger partial charge is 0.389 e. The molecule has 5 N–H and O–H groups in total. The van der Waals surface area contributed by atoms with Gasteiger partial charge in [-0.2, -0.15) is 5.10 Å². The van der Waals surface area contributed by atoms with E-state index < -0.39 is 30.5 Å². The number of benzene rings is 1. The molecule has 1 aliphatic rings. The number of hydrogen-bond acceptors (Lipinski definition) is 7. The standard InChI is InChI=1S/C21H23F4N7OS/c22-12-5-3-6-13(23)16(12)20-30-17(18(27)34-20)19(33)29-14-8-28-32(10-15(24)25)21(14)31-7-2-1-4-11(26)9-31/h3,5-6,8,11,15H,1-2,4,7,9-10,26-27H2,(H,29,33)/t11-/m0/s1. The summed E-state index contributed by atoms with van der Waals surface area (Å²) in [5.74, 6) is -2.13. The Morgan fingerprint density at radius 2 is 2.00 bits per heavy atom. The Labute approximate surface area is 196 Å². The highest BCUT2D eigenvalue weighted by molar-refractivity contribution is 7.19. The number of anilines is 3. The first-order valence-electron chi connectivity index (χ1n) is 10.6. The molecule has 1 aromatic carbocycles. The van der Waals surface area contributed by atoms with Crippen LogP contribution in [0.1, 0.15) is 29.8 Å². The summed E-state index contributed by atoms with van der Waals surface area (Å²) in [7, 11) is 0. The van der Waals surface area contributed by atoms with Gasteiger partial charge in [-0.1, -0.05) is 23.8 Å². The second-order valence-corrected chi connectivity index (χ2v) is 8.97. The van der Waals surface area contributed by atoms with Gasteiger partial charge < -0.3 is 21.7 Å². The lowest BCUT2D eigenvalue weighted by atomic mass is 10.2. The van der Waals surface area contributed by atoms with Crippen molar-refractivity contribution in [3.63, 3.8) is 0 Å². The molecular weight excluding hydrogens is 474 g/mol. The van der Waals surface area contributed by atoms with Crippen LogP contribution < -0.4 is 21.7 Å². The number of halogens is 4. The highest BCUT2D eigenvalue weighted by atomic mass is 32.1. The van der Waals surface area contributed by atoms with Crippen molar-refractivity contribution in [2.75, 3.05) is 29.0 Å². The van der Waals surface area contributed by atoms with Crippen LogP contribution >= 0.6 is 11.3 Å². The second kappa shape index (κ2) is 9.97. The molecule has 3 heterocycles. The number of rotatable bonds is 6. The average Bonchev–Trinajstić information content (AvgIpc) is 3.25. The van der Waals surface area contributed by atoms with E-state index in [0.29, 0.717) is 18.9 Å². The van der Waals surface area contributed by atoms with E-state index in [1.807, 2.05) is 4.90 Å². The van der Waals surface area contributed by atoms with Crippen LogP contribution in [0, 0.1) is 11.6 Å². The lowest BCUT2D eigenvalue weighted by molar-refractivity contribution is 0.102. The third-order valence-electron chi connectivity index (χ3n) is 5.42. The summed E-state index contributed by atoms with van der Waals surface area (Å²) >= 11 is 0.762. The first-order chi connectivity index (χ1) is 16.2. The van der Waals surface area contributed by atoms with Crippen LogP contribution in [0.3, 0.4) is 0 Å². The number of nitrogens with two attached hydrogens (primary N) is 2. The minimum absolute atomic E-state index is 0.0477. The Kier molecular flexibility index (Phi) is 7.03. The van der Waals surface area contributed by atoms with Gasteiger partial charge in [0, 0.05) is 19.1 Å². The molecule has 8 nitrogen and oxygen atoms in total. The van der Waals surface area contributed by atoms with Gasteiger partial charge in [-0.15, -0.1) is 0 Å². The van der Waals surface area contributed by atoms with Crippen molar-refractivity contribution in [2.24, 2.45) is 5.73 Å². The molecule has 0 aliphatic carbocycles. The molecule has 1 saturated heterocycles. The maximum absolute atomic E-state index is 14.2. The van der Waals surface area contributed by atoms with E-state index in [9.17, 15) is 22.4 Å². The van der Waals surface area contributed by atoms with Gasteiger partial charge in [-0.3, -0.25) is 4.79 Å². The molecule has 0 bridgehead atoms. The van der Waals surface area contributed by atoms with Crippen molar-refractivity contribution in [1.29, 1.82) is 0 Å². The van der Waals surface area contributed by atoms with Gasteiger partial charge >= 0.3 is 0 Å². The van der Waals surface area contributed by atoms with E-state index >= 15 is 0 Å². The van der Waals surface area contributed by atoms with Gasteiger partial charge in [0.2, 0.25) is 0 Å². The summed E-state index contributed by atoms with van der Waals surface area (Å²) in [4.78, 5) is 18.9. The molecule has 34 heavy (non-hydrogen) atoms. The van der Waals surface area contributed by atoms with E-state index in [-0.39, 0.29) is 33.0 Å². The molecule has 13 heteroatoms.